The van der Waals surface area contributed by atoms with Crippen molar-refractivity contribution in [3.8, 4) is 17.2 Å². The number of anilines is 1. The van der Waals surface area contributed by atoms with Gasteiger partial charge in [-0.05, 0) is 76.1 Å². The summed E-state index contributed by atoms with van der Waals surface area (Å²) in [6.45, 7) is 7.97. The number of aliphatic hydroxyl groups excluding tert-OH is 1. The molecule has 2 aromatic carbocycles. The van der Waals surface area contributed by atoms with Crippen molar-refractivity contribution in [3.63, 3.8) is 0 Å². The molecule has 1 aliphatic rings. The summed E-state index contributed by atoms with van der Waals surface area (Å²) in [4.78, 5) is 19.9. The van der Waals surface area contributed by atoms with Gasteiger partial charge in [0.15, 0.2) is 11.5 Å². The van der Waals surface area contributed by atoms with Gasteiger partial charge >= 0.3 is 0 Å². The Balaban J connectivity index is 1.89. The van der Waals surface area contributed by atoms with Crippen LogP contribution in [0.5, 0.6) is 17.2 Å². The molecule has 3 N–H and O–H groups in total. The van der Waals surface area contributed by atoms with E-state index >= 15 is 0 Å². The minimum absolute atomic E-state index is 0.0307. The Morgan fingerprint density at radius 2 is 1.80 bits per heavy atom. The Morgan fingerprint density at radius 3 is 2.48 bits per heavy atom. The highest BCUT2D eigenvalue weighted by Crippen LogP contribution is 2.29. The fraction of sp³-hybridized carbons (Fsp3) is 0.581. The topological polar surface area (TPSA) is 106 Å². The van der Waals surface area contributed by atoms with E-state index < -0.39 is 6.04 Å². The third-order valence-corrected chi connectivity index (χ3v) is 7.54. The minimum atomic E-state index is -0.394. The SMILES string of the molecule is C[C@@H]1CCCCO[C@@H](CN(C)Cc2ccc(O)c(O)c2)[C@H](C)CN([C@@H](C)CO)C(=O)c2cc(N(C)C)ccc2O1. The van der Waals surface area contributed by atoms with Crippen molar-refractivity contribution in [1.29, 1.82) is 0 Å². The minimum Gasteiger partial charge on any atom is -0.504 e. The molecule has 1 amide bonds. The van der Waals surface area contributed by atoms with Crippen LogP contribution in [-0.2, 0) is 11.3 Å². The predicted molar refractivity (Wildman–Crippen MR) is 157 cm³/mol. The van der Waals surface area contributed by atoms with Gasteiger partial charge in [0, 0.05) is 51.9 Å². The molecule has 9 nitrogen and oxygen atoms in total. The first-order valence-electron chi connectivity index (χ1n) is 14.2. The number of ether oxygens (including phenoxy) is 2. The Kier molecular flexibility index (Phi) is 11.5. The average Bonchev–Trinajstić information content (AvgIpc) is 2.91. The van der Waals surface area contributed by atoms with E-state index in [2.05, 4.69) is 11.8 Å². The lowest BCUT2D eigenvalue weighted by Gasteiger charge is -2.36. The smallest absolute Gasteiger partial charge is 0.258 e. The number of carbonyl (C=O) groups excluding carboxylic acids is 1. The molecule has 2 aromatic rings. The number of fused-ring (bicyclic) bond motifs is 1. The largest absolute Gasteiger partial charge is 0.504 e. The molecule has 40 heavy (non-hydrogen) atoms. The van der Waals surface area contributed by atoms with Crippen molar-refractivity contribution in [2.24, 2.45) is 5.92 Å². The number of rotatable bonds is 7. The Hall–Kier alpha value is -3.01. The molecule has 1 aliphatic heterocycles. The van der Waals surface area contributed by atoms with E-state index in [4.69, 9.17) is 9.47 Å². The number of likely N-dealkylation sites (N-methyl/N-ethyl adjacent to an activating group) is 1. The second-order valence-electron chi connectivity index (χ2n) is 11.4. The summed E-state index contributed by atoms with van der Waals surface area (Å²) in [7, 11) is 5.86. The summed E-state index contributed by atoms with van der Waals surface area (Å²) >= 11 is 0. The van der Waals surface area contributed by atoms with Gasteiger partial charge in [0.1, 0.15) is 5.75 Å². The van der Waals surface area contributed by atoms with Crippen LogP contribution in [-0.4, -0.2) is 96.7 Å². The van der Waals surface area contributed by atoms with E-state index in [9.17, 15) is 20.1 Å². The molecule has 0 fully saturated rings. The van der Waals surface area contributed by atoms with Crippen LogP contribution in [0, 0.1) is 5.92 Å². The average molecular weight is 558 g/mol. The molecule has 0 saturated heterocycles. The number of hydrogen-bond donors (Lipinski definition) is 3. The molecule has 0 bridgehead atoms. The number of aromatic hydroxyl groups is 2. The maximum atomic E-state index is 14.1. The Labute approximate surface area is 238 Å². The number of hydrogen-bond acceptors (Lipinski definition) is 8. The summed E-state index contributed by atoms with van der Waals surface area (Å²) < 4.78 is 12.7. The highest BCUT2D eigenvalue weighted by Gasteiger charge is 2.30. The molecule has 4 atom stereocenters. The molecule has 0 saturated carbocycles. The number of benzene rings is 2. The molecule has 222 valence electrons. The number of phenolic OH excluding ortho intramolecular Hbond substituents is 2. The molecule has 3 rings (SSSR count). The van der Waals surface area contributed by atoms with Crippen molar-refractivity contribution in [1.82, 2.24) is 9.80 Å². The summed E-state index contributed by atoms with van der Waals surface area (Å²) in [5.74, 6) is 0.0697. The summed E-state index contributed by atoms with van der Waals surface area (Å²) in [6.07, 6.45) is 2.45. The van der Waals surface area contributed by atoms with Crippen molar-refractivity contribution >= 4 is 11.6 Å². The summed E-state index contributed by atoms with van der Waals surface area (Å²) in [5, 5.41) is 29.6. The van der Waals surface area contributed by atoms with Crippen LogP contribution in [0.1, 0.15) is 56.0 Å². The third kappa shape index (κ3) is 8.49. The lowest BCUT2D eigenvalue weighted by Crippen LogP contribution is -2.47. The number of aliphatic hydroxyl groups is 1. The third-order valence-electron chi connectivity index (χ3n) is 7.54. The van der Waals surface area contributed by atoms with E-state index in [0.29, 0.717) is 37.6 Å². The molecule has 0 aliphatic carbocycles. The summed E-state index contributed by atoms with van der Waals surface area (Å²) in [5.41, 5.74) is 2.26. The van der Waals surface area contributed by atoms with Crippen LogP contribution in [0.25, 0.3) is 0 Å². The lowest BCUT2D eigenvalue weighted by atomic mass is 10.0. The number of carbonyl (C=O) groups is 1. The molecular formula is C31H47N3O6. The second-order valence-corrected chi connectivity index (χ2v) is 11.4. The first-order valence-corrected chi connectivity index (χ1v) is 14.2. The Morgan fingerprint density at radius 1 is 1.05 bits per heavy atom. The number of nitrogens with zero attached hydrogens (tertiary/aromatic N) is 3. The van der Waals surface area contributed by atoms with Crippen molar-refractivity contribution in [2.45, 2.75) is 64.8 Å². The van der Waals surface area contributed by atoms with Crippen molar-refractivity contribution in [3.05, 3.63) is 47.5 Å². The van der Waals surface area contributed by atoms with Crippen LogP contribution in [0.4, 0.5) is 5.69 Å². The zero-order valence-corrected chi connectivity index (χ0v) is 24.8. The van der Waals surface area contributed by atoms with E-state index in [1.165, 1.54) is 6.07 Å². The standard InChI is InChI=1S/C31H47N3O6/c1-21-17-34(22(2)20-35)31(38)26-16-25(32(4)5)11-13-29(26)40-23(3)9-7-8-14-39-30(21)19-33(6)18-24-10-12-27(36)28(37)15-24/h10-13,15-16,21-23,30,35-37H,7-9,14,17-20H2,1-6H3/t21-,22+,23-,30+/m1/s1. The van der Waals surface area contributed by atoms with E-state index in [1.54, 1.807) is 17.0 Å². The molecular weight excluding hydrogens is 510 g/mol. The lowest BCUT2D eigenvalue weighted by molar-refractivity contribution is -0.0177. The summed E-state index contributed by atoms with van der Waals surface area (Å²) in [6, 6.07) is 10.1. The maximum absolute atomic E-state index is 14.1. The highest BCUT2D eigenvalue weighted by atomic mass is 16.5. The zero-order valence-electron chi connectivity index (χ0n) is 24.8. The van der Waals surface area contributed by atoms with Gasteiger partial charge in [0.2, 0.25) is 0 Å². The van der Waals surface area contributed by atoms with Gasteiger partial charge < -0.3 is 34.6 Å². The van der Waals surface area contributed by atoms with Gasteiger partial charge in [-0.25, -0.2) is 0 Å². The van der Waals surface area contributed by atoms with E-state index in [-0.39, 0.29) is 42.1 Å². The van der Waals surface area contributed by atoms with Crippen molar-refractivity contribution in [2.75, 3.05) is 52.3 Å². The van der Waals surface area contributed by atoms with Gasteiger partial charge in [0.25, 0.3) is 5.91 Å². The molecule has 0 spiro atoms. The normalized spacial score (nSPS) is 21.9. The van der Waals surface area contributed by atoms with Gasteiger partial charge in [-0.2, -0.15) is 0 Å². The van der Waals surface area contributed by atoms with Gasteiger partial charge in [-0.15, -0.1) is 0 Å². The predicted octanol–water partition coefficient (Wildman–Crippen LogP) is 4.09. The Bertz CT molecular complexity index is 1110. The van der Waals surface area contributed by atoms with Gasteiger partial charge in [-0.3, -0.25) is 9.69 Å². The van der Waals surface area contributed by atoms with Gasteiger partial charge in [-0.1, -0.05) is 13.0 Å². The molecule has 0 unspecified atom stereocenters. The quantitative estimate of drug-likeness (QED) is 0.437. The van der Waals surface area contributed by atoms with Crippen LogP contribution in [0.2, 0.25) is 0 Å². The first kappa shape index (κ1) is 31.5. The molecule has 1 heterocycles. The fourth-order valence-electron chi connectivity index (χ4n) is 5.00. The van der Waals surface area contributed by atoms with Crippen molar-refractivity contribution < 1.29 is 29.6 Å². The monoisotopic (exact) mass is 557 g/mol. The van der Waals surface area contributed by atoms with Gasteiger partial charge in [0.05, 0.1) is 30.4 Å². The maximum Gasteiger partial charge on any atom is 0.258 e. The molecule has 0 radical (unpaired) electrons. The second kappa shape index (κ2) is 14.6. The van der Waals surface area contributed by atoms with Crippen LogP contribution >= 0.6 is 0 Å². The van der Waals surface area contributed by atoms with Crippen LogP contribution in [0.15, 0.2) is 36.4 Å². The zero-order chi connectivity index (χ0) is 29.4. The number of amides is 1. The van der Waals surface area contributed by atoms with Crippen LogP contribution in [0.3, 0.4) is 0 Å². The van der Waals surface area contributed by atoms with Crippen LogP contribution < -0.4 is 9.64 Å². The highest BCUT2D eigenvalue weighted by molar-refractivity contribution is 5.98. The molecule has 0 aromatic heterocycles. The van der Waals surface area contributed by atoms with E-state index in [1.807, 2.05) is 58.1 Å². The number of phenols is 2. The first-order chi connectivity index (χ1) is 19.0. The molecule has 9 heteroatoms. The fourth-order valence-corrected chi connectivity index (χ4v) is 5.00. The van der Waals surface area contributed by atoms with E-state index in [0.717, 1.165) is 30.5 Å².